The molecule has 3 aliphatic rings. The van der Waals surface area contributed by atoms with Gasteiger partial charge in [0.15, 0.2) is 0 Å². The molecule has 0 bridgehead atoms. The first-order chi connectivity index (χ1) is 17.5. The highest BCUT2D eigenvalue weighted by Gasteiger charge is 2.41. The van der Waals surface area contributed by atoms with Crippen LogP contribution in [0.4, 0.5) is 5.82 Å². The molecule has 2 aromatic rings. The van der Waals surface area contributed by atoms with Crippen molar-refractivity contribution >= 4 is 17.8 Å². The highest BCUT2D eigenvalue weighted by atomic mass is 16.2. The predicted molar refractivity (Wildman–Crippen MR) is 138 cm³/mol. The third-order valence-corrected chi connectivity index (χ3v) is 7.42. The van der Waals surface area contributed by atoms with Crippen molar-refractivity contribution < 1.29 is 9.90 Å². The summed E-state index contributed by atoms with van der Waals surface area (Å²) in [7, 11) is 0. The number of hydrogen-bond donors (Lipinski definition) is 1. The number of pyridine rings is 1. The second-order valence-electron chi connectivity index (χ2n) is 9.96. The first-order valence-corrected chi connectivity index (χ1v) is 12.8. The van der Waals surface area contributed by atoms with Crippen LogP contribution < -0.4 is 4.90 Å². The zero-order chi connectivity index (χ0) is 25.2. The van der Waals surface area contributed by atoms with Crippen LogP contribution in [0.15, 0.2) is 31.0 Å². The highest BCUT2D eigenvalue weighted by Crippen LogP contribution is 2.46. The predicted octanol–water partition coefficient (Wildman–Crippen LogP) is 3.60. The molecule has 2 aliphatic carbocycles. The number of nitriles is 1. The molecule has 0 radical (unpaired) electrons. The number of hydrogen-bond acceptors (Lipinski definition) is 7. The molecule has 0 unspecified atom stereocenters. The number of amides is 1. The average Bonchev–Trinajstić information content (AvgIpc) is 3.81. The van der Waals surface area contributed by atoms with E-state index in [2.05, 4.69) is 27.7 Å². The summed E-state index contributed by atoms with van der Waals surface area (Å²) in [5, 5.41) is 27.8. The van der Waals surface area contributed by atoms with Gasteiger partial charge in [0.2, 0.25) is 5.91 Å². The fraction of sp³-hybridized carbons (Fsp3) is 0.464. The Bertz CT molecular complexity index is 1240. The maximum absolute atomic E-state index is 12.9. The van der Waals surface area contributed by atoms with Crippen molar-refractivity contribution in [3.63, 3.8) is 0 Å². The van der Waals surface area contributed by atoms with E-state index >= 15 is 0 Å². The second kappa shape index (κ2) is 10.2. The molecule has 0 spiro atoms. The van der Waals surface area contributed by atoms with E-state index in [9.17, 15) is 10.1 Å². The van der Waals surface area contributed by atoms with Gasteiger partial charge in [-0.15, -0.1) is 0 Å². The van der Waals surface area contributed by atoms with Crippen LogP contribution in [0.25, 0.3) is 17.3 Å². The quantitative estimate of drug-likeness (QED) is 0.571. The lowest BCUT2D eigenvalue weighted by Gasteiger charge is -2.42. The van der Waals surface area contributed by atoms with Crippen molar-refractivity contribution in [3.8, 4) is 17.3 Å². The summed E-state index contributed by atoms with van der Waals surface area (Å²) in [5.74, 6) is 1.56. The van der Waals surface area contributed by atoms with Crippen molar-refractivity contribution in [3.05, 3.63) is 53.4 Å². The highest BCUT2D eigenvalue weighted by molar-refractivity contribution is 5.88. The van der Waals surface area contributed by atoms with Gasteiger partial charge in [-0.25, -0.2) is 4.98 Å². The summed E-state index contributed by atoms with van der Waals surface area (Å²) in [5.41, 5.74) is 4.96. The van der Waals surface area contributed by atoms with Crippen molar-refractivity contribution in [1.29, 1.82) is 5.26 Å². The smallest absolute Gasteiger partial charge is 0.246 e. The van der Waals surface area contributed by atoms with Crippen LogP contribution >= 0.6 is 0 Å². The lowest BCUT2D eigenvalue weighted by atomic mass is 9.95. The van der Waals surface area contributed by atoms with Crippen molar-refractivity contribution in [1.82, 2.24) is 20.1 Å². The molecular weight excluding hydrogens is 452 g/mol. The molecule has 8 heteroatoms. The van der Waals surface area contributed by atoms with E-state index in [1.807, 2.05) is 17.9 Å². The summed E-state index contributed by atoms with van der Waals surface area (Å²) in [6.07, 6.45) is 11.6. The fourth-order valence-electron chi connectivity index (χ4n) is 5.18. The zero-order valence-electron chi connectivity index (χ0n) is 20.7. The molecule has 3 heterocycles. The fourth-order valence-corrected chi connectivity index (χ4v) is 5.18. The van der Waals surface area contributed by atoms with Crippen LogP contribution in [0.2, 0.25) is 0 Å². The van der Waals surface area contributed by atoms with Crippen molar-refractivity contribution in [2.45, 2.75) is 51.0 Å². The largest absolute Gasteiger partial charge is 0.396 e. The van der Waals surface area contributed by atoms with Crippen LogP contribution in [-0.2, 0) is 4.79 Å². The summed E-state index contributed by atoms with van der Waals surface area (Å²) >= 11 is 0. The molecule has 1 amide bonds. The van der Waals surface area contributed by atoms with E-state index < -0.39 is 0 Å². The monoisotopic (exact) mass is 484 g/mol. The maximum Gasteiger partial charge on any atom is 0.246 e. The number of carbonyl (C=O) groups is 1. The Labute approximate surface area is 212 Å². The number of aromatic nitrogens is 3. The third kappa shape index (κ3) is 4.76. The van der Waals surface area contributed by atoms with Gasteiger partial charge in [-0.3, -0.25) is 4.79 Å². The van der Waals surface area contributed by atoms with Crippen LogP contribution in [0.3, 0.4) is 0 Å². The van der Waals surface area contributed by atoms with E-state index in [0.717, 1.165) is 59.6 Å². The average molecular weight is 485 g/mol. The van der Waals surface area contributed by atoms with Crippen molar-refractivity contribution in [2.24, 2.45) is 5.92 Å². The number of nitrogens with zero attached hydrogens (tertiary/aromatic N) is 6. The Balaban J connectivity index is 1.50. The number of carbonyl (C=O) groups excluding carboxylic acids is 1. The molecular formula is C28H32N6O2. The minimum absolute atomic E-state index is 0.000612. The number of rotatable bonds is 8. The Hall–Kier alpha value is -3.57. The van der Waals surface area contributed by atoms with E-state index in [1.54, 1.807) is 24.4 Å². The van der Waals surface area contributed by atoms with E-state index in [4.69, 9.17) is 10.1 Å². The van der Waals surface area contributed by atoms with E-state index in [-0.39, 0.29) is 18.6 Å². The summed E-state index contributed by atoms with van der Waals surface area (Å²) in [4.78, 5) is 22.2. The number of anilines is 1. The molecule has 186 valence electrons. The minimum Gasteiger partial charge on any atom is -0.396 e. The van der Waals surface area contributed by atoms with E-state index in [0.29, 0.717) is 43.5 Å². The first kappa shape index (κ1) is 24.1. The molecule has 8 nitrogen and oxygen atoms in total. The van der Waals surface area contributed by atoms with Gasteiger partial charge in [0.05, 0.1) is 29.2 Å². The summed E-state index contributed by atoms with van der Waals surface area (Å²) < 4.78 is 0. The topological polar surface area (TPSA) is 106 Å². The molecule has 1 saturated heterocycles. The standard InChI is InChI=1S/C28H32N6O2/c1-3-19-14-23(32-30-16-19)26-18(2)22(15-29)28(31-27(26)21-9-10-21)33-11-12-34(24(17-33)20-7-8-20)25(36)6-4-5-13-35/h3-4,6,14,16,20-21,24,35H,1,5,7-13,17H2,2H3/b6-4+/t24-/m0/s1. The Morgan fingerprint density at radius 1 is 1.31 bits per heavy atom. The van der Waals surface area contributed by atoms with Gasteiger partial charge in [-0.05, 0) is 68.2 Å². The first-order valence-electron chi connectivity index (χ1n) is 12.8. The molecule has 1 atom stereocenters. The number of aliphatic hydroxyl groups excluding tert-OH is 1. The van der Waals surface area contributed by atoms with Gasteiger partial charge in [-0.2, -0.15) is 15.5 Å². The van der Waals surface area contributed by atoms with E-state index in [1.165, 1.54) is 0 Å². The summed E-state index contributed by atoms with van der Waals surface area (Å²) in [6.45, 7) is 7.74. The van der Waals surface area contributed by atoms with Gasteiger partial charge in [0.25, 0.3) is 0 Å². The SMILES string of the molecule is C=Cc1cnnc(-c2c(C3CC3)nc(N3CCN(C(=O)/C=C/CCO)[C@H](C4CC4)C3)c(C#N)c2C)c1. The molecule has 5 rings (SSSR count). The van der Waals surface area contributed by atoms with Crippen LogP contribution in [0, 0.1) is 24.2 Å². The molecule has 2 aromatic heterocycles. The number of piperazine rings is 1. The normalized spacial score (nSPS) is 20.0. The van der Waals surface area contributed by atoms with Crippen molar-refractivity contribution in [2.75, 3.05) is 31.1 Å². The minimum atomic E-state index is -0.000612. The Morgan fingerprint density at radius 3 is 2.78 bits per heavy atom. The van der Waals surface area contributed by atoms with Gasteiger partial charge in [0, 0.05) is 37.7 Å². The second-order valence-corrected chi connectivity index (χ2v) is 9.96. The van der Waals surface area contributed by atoms with Crippen LogP contribution in [-0.4, -0.2) is 63.4 Å². The summed E-state index contributed by atoms with van der Waals surface area (Å²) in [6, 6.07) is 4.47. The molecule has 0 aromatic carbocycles. The molecule has 1 N–H and O–H groups in total. The molecule has 3 fully saturated rings. The Kier molecular flexibility index (Phi) is 6.84. The maximum atomic E-state index is 12.9. The molecule has 2 saturated carbocycles. The zero-order valence-corrected chi connectivity index (χ0v) is 20.7. The lowest BCUT2D eigenvalue weighted by molar-refractivity contribution is -0.129. The lowest BCUT2D eigenvalue weighted by Crippen LogP contribution is -2.56. The van der Waals surface area contributed by atoms with Crippen LogP contribution in [0.1, 0.15) is 60.4 Å². The van der Waals surface area contributed by atoms with Gasteiger partial charge in [0.1, 0.15) is 11.9 Å². The van der Waals surface area contributed by atoms with Crippen LogP contribution in [0.5, 0.6) is 0 Å². The van der Waals surface area contributed by atoms with Gasteiger partial charge < -0.3 is 14.9 Å². The van der Waals surface area contributed by atoms with Gasteiger partial charge >= 0.3 is 0 Å². The molecule has 36 heavy (non-hydrogen) atoms. The Morgan fingerprint density at radius 2 is 2.11 bits per heavy atom. The van der Waals surface area contributed by atoms with Gasteiger partial charge in [-0.1, -0.05) is 18.7 Å². The third-order valence-electron chi connectivity index (χ3n) is 7.42. The number of aliphatic hydroxyl groups is 1. The molecule has 1 aliphatic heterocycles.